The lowest BCUT2D eigenvalue weighted by molar-refractivity contribution is -0.122. The van der Waals surface area contributed by atoms with Crippen LogP contribution in [0.2, 0.25) is 0 Å². The van der Waals surface area contributed by atoms with Crippen LogP contribution in [-0.2, 0) is 4.79 Å². The number of carbonyl (C=O) groups is 1. The Morgan fingerprint density at radius 3 is 2.40 bits per heavy atom. The van der Waals surface area contributed by atoms with Crippen LogP contribution < -0.4 is 21.3 Å². The third-order valence-corrected chi connectivity index (χ3v) is 3.90. The van der Waals surface area contributed by atoms with E-state index in [4.69, 9.17) is 21.4 Å². The van der Waals surface area contributed by atoms with Crippen LogP contribution in [-0.4, -0.2) is 63.9 Å². The highest BCUT2D eigenvalue weighted by Gasteiger charge is 2.24. The van der Waals surface area contributed by atoms with Crippen LogP contribution in [0.4, 0.5) is 23.5 Å². The zero-order valence-corrected chi connectivity index (χ0v) is 14.3. The SMILES string of the molecule is CN(C)c1cc(N2CCC(c3nc(N)n[nH]3)CC2)nc(N)n1.O=CO. The summed E-state index contributed by atoms with van der Waals surface area (Å²) < 4.78 is 0. The molecule has 6 N–H and O–H groups in total. The summed E-state index contributed by atoms with van der Waals surface area (Å²) in [5.41, 5.74) is 11.4. The number of anilines is 4. The van der Waals surface area contributed by atoms with E-state index in [1.165, 1.54) is 0 Å². The van der Waals surface area contributed by atoms with Crippen LogP contribution in [0.1, 0.15) is 24.6 Å². The van der Waals surface area contributed by atoms with Crippen LogP contribution in [0.5, 0.6) is 0 Å². The fraction of sp³-hybridized carbons (Fsp3) is 0.500. The first-order chi connectivity index (χ1) is 11.9. The molecule has 1 saturated heterocycles. The van der Waals surface area contributed by atoms with Crippen molar-refractivity contribution in [3.63, 3.8) is 0 Å². The Kier molecular flexibility index (Phi) is 5.93. The number of aromatic nitrogens is 5. The van der Waals surface area contributed by atoms with Gasteiger partial charge in [0.05, 0.1) is 0 Å². The summed E-state index contributed by atoms with van der Waals surface area (Å²) in [4.78, 5) is 25.3. The molecule has 25 heavy (non-hydrogen) atoms. The smallest absolute Gasteiger partial charge is 0.290 e. The van der Waals surface area contributed by atoms with Gasteiger partial charge in [0.25, 0.3) is 6.47 Å². The number of rotatable bonds is 3. The predicted molar refractivity (Wildman–Crippen MR) is 94.4 cm³/mol. The second-order valence-corrected chi connectivity index (χ2v) is 5.78. The fourth-order valence-corrected chi connectivity index (χ4v) is 2.68. The molecule has 1 aliphatic heterocycles. The van der Waals surface area contributed by atoms with Crippen LogP contribution in [0.25, 0.3) is 0 Å². The van der Waals surface area contributed by atoms with Gasteiger partial charge < -0.3 is 26.4 Å². The van der Waals surface area contributed by atoms with Crippen molar-refractivity contribution in [2.24, 2.45) is 0 Å². The van der Waals surface area contributed by atoms with Crippen molar-refractivity contribution in [3.8, 4) is 0 Å². The normalized spacial score (nSPS) is 14.6. The molecule has 11 heteroatoms. The van der Waals surface area contributed by atoms with E-state index in [1.807, 2.05) is 25.1 Å². The summed E-state index contributed by atoms with van der Waals surface area (Å²) in [6.07, 6.45) is 1.94. The first kappa shape index (κ1) is 18.2. The minimum absolute atomic E-state index is 0.250. The number of nitrogen functional groups attached to an aromatic ring is 2. The van der Waals surface area contributed by atoms with E-state index in [2.05, 4.69) is 30.0 Å². The first-order valence-corrected chi connectivity index (χ1v) is 7.77. The van der Waals surface area contributed by atoms with E-state index in [-0.39, 0.29) is 6.47 Å². The van der Waals surface area contributed by atoms with Crippen LogP contribution in [0, 0.1) is 0 Å². The molecule has 0 aromatic carbocycles. The number of hydrogen-bond donors (Lipinski definition) is 4. The van der Waals surface area contributed by atoms with E-state index in [0.29, 0.717) is 17.8 Å². The molecule has 136 valence electrons. The molecule has 0 radical (unpaired) electrons. The van der Waals surface area contributed by atoms with Crippen molar-refractivity contribution >= 4 is 30.0 Å². The maximum atomic E-state index is 8.36. The molecule has 2 aromatic heterocycles. The quantitative estimate of drug-likeness (QED) is 0.550. The number of nitrogens with two attached hydrogens (primary N) is 2. The summed E-state index contributed by atoms with van der Waals surface area (Å²) >= 11 is 0. The highest BCUT2D eigenvalue weighted by molar-refractivity contribution is 5.53. The third kappa shape index (κ3) is 4.68. The number of carboxylic acid groups (broad SMARTS) is 1. The molecule has 0 aliphatic carbocycles. The maximum absolute atomic E-state index is 8.36. The second-order valence-electron chi connectivity index (χ2n) is 5.78. The van der Waals surface area contributed by atoms with E-state index >= 15 is 0 Å². The number of H-pyrrole nitrogens is 1. The van der Waals surface area contributed by atoms with Crippen molar-refractivity contribution in [3.05, 3.63) is 11.9 Å². The molecule has 0 amide bonds. The Bertz CT molecular complexity index is 695. The lowest BCUT2D eigenvalue weighted by Gasteiger charge is -2.32. The van der Waals surface area contributed by atoms with Gasteiger partial charge in [-0.3, -0.25) is 9.89 Å². The topological polar surface area (TPSA) is 163 Å². The van der Waals surface area contributed by atoms with E-state index in [1.54, 1.807) is 0 Å². The maximum Gasteiger partial charge on any atom is 0.290 e. The minimum atomic E-state index is -0.250. The number of nitrogens with zero attached hydrogens (tertiary/aromatic N) is 6. The lowest BCUT2D eigenvalue weighted by atomic mass is 9.96. The largest absolute Gasteiger partial charge is 0.483 e. The highest BCUT2D eigenvalue weighted by atomic mass is 16.3. The summed E-state index contributed by atoms with van der Waals surface area (Å²) in [5.74, 6) is 3.50. The van der Waals surface area contributed by atoms with Gasteiger partial charge in [0.15, 0.2) is 0 Å². The van der Waals surface area contributed by atoms with Gasteiger partial charge in [-0.15, -0.1) is 5.10 Å². The molecule has 0 bridgehead atoms. The standard InChI is InChI=1S/C13H21N9.CH2O2/c1-21(2)9-7-10(17-12(14)16-9)22-5-3-8(4-6-22)11-18-13(15)20-19-11;2-1-3/h7-8H,3-6H2,1-2H3,(H2,14,16,17)(H3,15,18,19,20);1H,(H,2,3). The van der Waals surface area contributed by atoms with Gasteiger partial charge >= 0.3 is 0 Å². The Morgan fingerprint density at radius 2 is 1.88 bits per heavy atom. The number of piperidine rings is 1. The number of hydrogen-bond acceptors (Lipinski definition) is 9. The van der Waals surface area contributed by atoms with Crippen LogP contribution >= 0.6 is 0 Å². The van der Waals surface area contributed by atoms with E-state index in [0.717, 1.165) is 43.4 Å². The van der Waals surface area contributed by atoms with Gasteiger partial charge in [-0.2, -0.15) is 15.0 Å². The lowest BCUT2D eigenvalue weighted by Crippen LogP contribution is -2.34. The Labute approximate surface area is 145 Å². The van der Waals surface area contributed by atoms with Crippen molar-refractivity contribution in [2.75, 3.05) is 48.5 Å². The number of aromatic amines is 1. The van der Waals surface area contributed by atoms with Gasteiger partial charge in [-0.05, 0) is 12.8 Å². The third-order valence-electron chi connectivity index (χ3n) is 3.90. The molecular weight excluding hydrogens is 326 g/mol. The molecule has 2 aromatic rings. The molecule has 3 rings (SSSR count). The average molecular weight is 349 g/mol. The summed E-state index contributed by atoms with van der Waals surface area (Å²) in [6.45, 7) is 1.52. The molecule has 0 atom stereocenters. The fourth-order valence-electron chi connectivity index (χ4n) is 2.68. The molecule has 1 fully saturated rings. The van der Waals surface area contributed by atoms with Crippen molar-refractivity contribution in [1.82, 2.24) is 25.1 Å². The Morgan fingerprint density at radius 1 is 1.24 bits per heavy atom. The molecule has 11 nitrogen and oxygen atoms in total. The second kappa shape index (κ2) is 8.13. The van der Waals surface area contributed by atoms with E-state index < -0.39 is 0 Å². The highest BCUT2D eigenvalue weighted by Crippen LogP contribution is 2.29. The van der Waals surface area contributed by atoms with Gasteiger partial charge in [0.1, 0.15) is 17.5 Å². The monoisotopic (exact) mass is 349 g/mol. The van der Waals surface area contributed by atoms with Crippen LogP contribution in [0.15, 0.2) is 6.07 Å². The van der Waals surface area contributed by atoms with Gasteiger partial charge in [-0.25, -0.2) is 0 Å². The van der Waals surface area contributed by atoms with E-state index in [9.17, 15) is 0 Å². The van der Waals surface area contributed by atoms with Crippen molar-refractivity contribution in [1.29, 1.82) is 0 Å². The zero-order valence-electron chi connectivity index (χ0n) is 14.3. The predicted octanol–water partition coefficient (Wildman–Crippen LogP) is -0.0901. The molecule has 1 aliphatic rings. The van der Waals surface area contributed by atoms with Crippen molar-refractivity contribution in [2.45, 2.75) is 18.8 Å². The minimum Gasteiger partial charge on any atom is -0.483 e. The summed E-state index contributed by atoms with van der Waals surface area (Å²) in [7, 11) is 3.87. The Balaban J connectivity index is 0.000000701. The van der Waals surface area contributed by atoms with Gasteiger partial charge in [0.2, 0.25) is 11.9 Å². The average Bonchev–Trinajstić information content (AvgIpc) is 3.01. The molecule has 3 heterocycles. The van der Waals surface area contributed by atoms with Gasteiger partial charge in [0, 0.05) is 39.2 Å². The van der Waals surface area contributed by atoms with Crippen molar-refractivity contribution < 1.29 is 9.90 Å². The molecule has 0 spiro atoms. The number of nitrogens with one attached hydrogen (secondary N) is 1. The molecule has 0 unspecified atom stereocenters. The molecular formula is C14H23N9O2. The zero-order chi connectivity index (χ0) is 18.4. The summed E-state index contributed by atoms with van der Waals surface area (Å²) in [6, 6.07) is 1.96. The molecule has 0 saturated carbocycles. The first-order valence-electron chi connectivity index (χ1n) is 7.77. The van der Waals surface area contributed by atoms with Crippen LogP contribution in [0.3, 0.4) is 0 Å². The summed E-state index contributed by atoms with van der Waals surface area (Å²) in [5, 5.41) is 13.7. The van der Waals surface area contributed by atoms with Gasteiger partial charge in [-0.1, -0.05) is 0 Å². The Hall–Kier alpha value is -3.11.